The molecule has 1 heterocycles. The average Bonchev–Trinajstić information content (AvgIpc) is 3.73. The van der Waals surface area contributed by atoms with Crippen molar-refractivity contribution in [2.45, 2.75) is 5.92 Å². The van der Waals surface area contributed by atoms with Gasteiger partial charge >= 0.3 is 0 Å². The van der Waals surface area contributed by atoms with Crippen LogP contribution in [0.2, 0.25) is 0 Å². The van der Waals surface area contributed by atoms with E-state index >= 15 is 0 Å². The first kappa shape index (κ1) is 16.3. The summed E-state index contributed by atoms with van der Waals surface area (Å²) in [6, 6.07) is 18.1. The van der Waals surface area contributed by atoms with Crippen LogP contribution in [0.25, 0.3) is 76.5 Å². The first-order valence-corrected chi connectivity index (χ1v) is 15.9. The highest BCUT2D eigenvalue weighted by atomic mass is 16.3. The van der Waals surface area contributed by atoms with E-state index < -0.39 is 60.3 Å². The molecule has 0 aliphatic rings. The van der Waals surface area contributed by atoms with Crippen LogP contribution in [0.1, 0.15) is 45.9 Å². The van der Waals surface area contributed by atoms with Crippen LogP contribution in [-0.2, 0) is 0 Å². The van der Waals surface area contributed by atoms with E-state index in [0.29, 0.717) is 38.6 Å². The van der Waals surface area contributed by atoms with Gasteiger partial charge in [0.2, 0.25) is 0 Å². The van der Waals surface area contributed by atoms with Crippen molar-refractivity contribution in [3.63, 3.8) is 0 Å². The van der Waals surface area contributed by atoms with Crippen molar-refractivity contribution in [2.75, 3.05) is 0 Å². The quantitative estimate of drug-likeness (QED) is 0.169. The van der Waals surface area contributed by atoms with Gasteiger partial charge in [-0.2, -0.15) is 0 Å². The fourth-order valence-electron chi connectivity index (χ4n) is 6.77. The summed E-state index contributed by atoms with van der Waals surface area (Å²) in [6.07, 6.45) is 0. The molecule has 0 bridgehead atoms. The molecule has 0 saturated carbocycles. The zero-order chi connectivity index (χ0) is 47.8. The van der Waals surface area contributed by atoms with Crippen molar-refractivity contribution in [2.24, 2.45) is 0 Å². The minimum absolute atomic E-state index is 0.0226. The molecule has 0 aliphatic carbocycles. The van der Waals surface area contributed by atoms with Gasteiger partial charge in [-0.05, 0) is 102 Å². The number of benzene rings is 9. The molecule has 1 heteroatoms. The fourth-order valence-corrected chi connectivity index (χ4v) is 6.77. The molecule has 1 unspecified atom stereocenters. The molecule has 0 amide bonds. The number of rotatable bonds is 5. The minimum Gasteiger partial charge on any atom is -0.456 e. The maximum atomic E-state index is 9.50. The smallest absolute Gasteiger partial charge is 0.136 e. The van der Waals surface area contributed by atoms with Gasteiger partial charge < -0.3 is 4.42 Å². The topological polar surface area (TPSA) is 13.1 Å². The maximum Gasteiger partial charge on any atom is 0.136 e. The predicted octanol–water partition coefficient (Wildman–Crippen LogP) is 13.6. The van der Waals surface area contributed by atoms with Crippen LogP contribution >= 0.6 is 0 Å². The molecule has 0 aliphatic heterocycles. The number of hydrogen-bond acceptors (Lipinski definition) is 1. The lowest BCUT2D eigenvalue weighted by Gasteiger charge is -2.20. The van der Waals surface area contributed by atoms with E-state index in [4.69, 9.17) is 26.3 Å². The Morgan fingerprint density at radius 3 is 1.66 bits per heavy atom. The zero-order valence-corrected chi connectivity index (χ0v) is 26.1. The lowest BCUT2D eigenvalue weighted by Crippen LogP contribution is -2.03. The molecule has 0 saturated heterocycles. The van der Waals surface area contributed by atoms with Gasteiger partial charge in [0.1, 0.15) is 11.2 Å². The summed E-state index contributed by atoms with van der Waals surface area (Å²) < 4.78 is 151. The summed E-state index contributed by atoms with van der Waals surface area (Å²) in [4.78, 5) is 0. The summed E-state index contributed by atoms with van der Waals surface area (Å²) in [6.45, 7) is 0. The molecular formula is C49H32O. The Morgan fingerprint density at radius 2 is 0.940 bits per heavy atom. The van der Waals surface area contributed by atoms with Gasteiger partial charge in [-0.25, -0.2) is 0 Å². The van der Waals surface area contributed by atoms with E-state index in [1.165, 1.54) is 0 Å². The highest BCUT2D eigenvalue weighted by Crippen LogP contribution is 2.39. The van der Waals surface area contributed by atoms with E-state index in [1.807, 2.05) is 36.4 Å². The molecule has 1 aromatic heterocycles. The first-order valence-electron chi connectivity index (χ1n) is 24.4. The molecule has 1 nitrogen and oxygen atoms in total. The average molecular weight is 654 g/mol. The molecule has 0 fully saturated rings. The molecule has 0 radical (unpaired) electrons. The molecule has 234 valence electrons. The van der Waals surface area contributed by atoms with Crippen molar-refractivity contribution in [1.29, 1.82) is 0 Å². The highest BCUT2D eigenvalue weighted by Gasteiger charge is 2.18. The van der Waals surface area contributed by atoms with E-state index in [9.17, 15) is 1.37 Å². The van der Waals surface area contributed by atoms with Crippen LogP contribution < -0.4 is 0 Å². The third-order valence-corrected chi connectivity index (χ3v) is 9.14. The van der Waals surface area contributed by atoms with Gasteiger partial charge in [-0.1, -0.05) is 157 Å². The Hall–Kier alpha value is -6.44. The van der Waals surface area contributed by atoms with Gasteiger partial charge in [0.05, 0.1) is 23.3 Å². The summed E-state index contributed by atoms with van der Waals surface area (Å²) >= 11 is 0. The van der Waals surface area contributed by atoms with Crippen molar-refractivity contribution >= 4 is 54.3 Å². The second kappa shape index (κ2) is 11.6. The maximum absolute atomic E-state index is 9.50. The largest absolute Gasteiger partial charge is 0.456 e. The Morgan fingerprint density at radius 1 is 0.380 bits per heavy atom. The number of fused-ring (bicyclic) bond motifs is 7. The predicted molar refractivity (Wildman–Crippen MR) is 211 cm³/mol. The molecular weight excluding hydrogens is 605 g/mol. The number of hydrogen-bond donors (Lipinski definition) is 0. The van der Waals surface area contributed by atoms with Gasteiger partial charge in [0.25, 0.3) is 0 Å². The van der Waals surface area contributed by atoms with Crippen LogP contribution in [0.4, 0.5) is 0 Å². The van der Waals surface area contributed by atoms with Crippen LogP contribution in [-0.4, -0.2) is 0 Å². The van der Waals surface area contributed by atoms with Crippen LogP contribution in [0.3, 0.4) is 0 Å². The van der Waals surface area contributed by atoms with E-state index in [-0.39, 0.29) is 92.2 Å². The Kier molecular flexibility index (Phi) is 3.79. The Bertz CT molecular complexity index is 3800. The van der Waals surface area contributed by atoms with E-state index in [2.05, 4.69) is 0 Å². The molecule has 10 rings (SSSR count). The minimum atomic E-state index is -0.877. The Balaban J connectivity index is 1.12. The second-order valence-electron chi connectivity index (χ2n) is 12.0. The summed E-state index contributed by atoms with van der Waals surface area (Å²) in [5.41, 5.74) is 2.49. The second-order valence-corrected chi connectivity index (χ2v) is 12.0. The van der Waals surface area contributed by atoms with Crippen LogP contribution in [0, 0.1) is 0 Å². The van der Waals surface area contributed by atoms with E-state index in [0.717, 1.165) is 10.8 Å². The number of para-hydroxylation sites is 1. The zero-order valence-electron chi connectivity index (χ0n) is 43.1. The molecule has 10 aromatic rings. The van der Waals surface area contributed by atoms with Crippen molar-refractivity contribution in [3.8, 4) is 22.3 Å². The number of furan rings is 1. The van der Waals surface area contributed by atoms with Gasteiger partial charge in [-0.15, -0.1) is 0 Å². The standard InChI is InChI=1S/C49H32O/c1-3-9-32(10-4-1)35-17-18-39-29-42(23-21-36(39)27-35)48(34-11-5-2-6-12-34)43-24-22-37-28-38(19-20-40(37)30-43)41-16-15-33-25-26-47-49(45(33)31-41)44-13-7-8-14-46(44)50-47/h1-31,48H/i1D,2D,3D,4D,5D,6D,7D,8D,9D,10D,11D,12D,13D,14D,25D,26D,31D. The molecule has 50 heavy (non-hydrogen) atoms. The fraction of sp³-hybridized carbons (Fsp3) is 0.0204. The van der Waals surface area contributed by atoms with Crippen LogP contribution in [0.5, 0.6) is 0 Å². The third kappa shape index (κ3) is 4.86. The van der Waals surface area contributed by atoms with E-state index in [1.54, 1.807) is 48.5 Å². The van der Waals surface area contributed by atoms with Gasteiger partial charge in [0, 0.05) is 16.7 Å². The normalized spacial score (nSPS) is 17.1. The molecule has 0 spiro atoms. The van der Waals surface area contributed by atoms with Crippen LogP contribution in [0.15, 0.2) is 192 Å². The Labute approximate surface area is 314 Å². The lowest BCUT2D eigenvalue weighted by atomic mass is 9.83. The monoisotopic (exact) mass is 653 g/mol. The van der Waals surface area contributed by atoms with Gasteiger partial charge in [-0.3, -0.25) is 0 Å². The molecule has 0 N–H and O–H groups in total. The third-order valence-electron chi connectivity index (χ3n) is 9.14. The van der Waals surface area contributed by atoms with Crippen molar-refractivity contribution < 1.29 is 27.7 Å². The lowest BCUT2D eigenvalue weighted by molar-refractivity contribution is 0.669. The van der Waals surface area contributed by atoms with Crippen molar-refractivity contribution in [3.05, 3.63) is 204 Å². The summed E-state index contributed by atoms with van der Waals surface area (Å²) in [7, 11) is 0. The SMILES string of the molecule is [2H]c1c([2H])c([2H])c(-c2ccc3cc(C(c4ccc5cc(-c6ccc7c([2H])c([2H])c8oc9c([2H])c([2H])c([2H])c([2H])c9c8c7c6[2H])ccc5c4)c4c([2H])c([2H])c([2H])c([2H])c4[2H])ccc3c2)c([2H])c1[2H]. The first-order chi connectivity index (χ1) is 31.8. The highest BCUT2D eigenvalue weighted by molar-refractivity contribution is 6.19. The summed E-state index contributed by atoms with van der Waals surface area (Å²) in [5, 5.41) is 3.44. The summed E-state index contributed by atoms with van der Waals surface area (Å²) in [5.74, 6) is -0.877. The molecule has 1 atom stereocenters. The molecule has 9 aromatic carbocycles. The van der Waals surface area contributed by atoms with Crippen molar-refractivity contribution in [1.82, 2.24) is 0 Å². The van der Waals surface area contributed by atoms with Gasteiger partial charge in [0.15, 0.2) is 0 Å².